The number of allylic oxidation sites excluding steroid dienone is 1. The van der Waals surface area contributed by atoms with Crippen LogP contribution in [0, 0.1) is 0 Å². The number of nitrogens with one attached hydrogen (secondary N) is 2. The van der Waals surface area contributed by atoms with Crippen molar-refractivity contribution in [3.05, 3.63) is 47.2 Å². The molecule has 5 nitrogen and oxygen atoms in total. The van der Waals surface area contributed by atoms with Gasteiger partial charge in [0.25, 0.3) is 11.8 Å². The lowest BCUT2D eigenvalue weighted by Crippen LogP contribution is -2.52. The van der Waals surface area contributed by atoms with Gasteiger partial charge in [-0.2, -0.15) is 0 Å². The lowest BCUT2D eigenvalue weighted by atomic mass is 10.1. The van der Waals surface area contributed by atoms with Gasteiger partial charge in [0.1, 0.15) is 18.1 Å². The molecule has 1 saturated heterocycles. The van der Waals surface area contributed by atoms with Gasteiger partial charge in [-0.15, -0.1) is 11.8 Å². The van der Waals surface area contributed by atoms with Gasteiger partial charge in [-0.25, -0.2) is 0 Å². The third-order valence-corrected chi connectivity index (χ3v) is 3.97. The molecule has 6 heteroatoms. The number of hydrogen-bond donors (Lipinski definition) is 2. The average molecular weight is 332 g/mol. The van der Waals surface area contributed by atoms with Crippen molar-refractivity contribution < 1.29 is 14.3 Å². The number of rotatable bonds is 5. The Bertz CT molecular complexity index is 646. The van der Waals surface area contributed by atoms with Crippen molar-refractivity contribution >= 4 is 29.7 Å². The Labute approximate surface area is 140 Å². The van der Waals surface area contributed by atoms with Crippen molar-refractivity contribution in [1.82, 2.24) is 10.6 Å². The maximum Gasteiger partial charge on any atom is 0.269 e. The molecule has 1 aliphatic rings. The van der Waals surface area contributed by atoms with E-state index in [0.29, 0.717) is 6.61 Å². The first kappa shape index (κ1) is 17.1. The van der Waals surface area contributed by atoms with Crippen molar-refractivity contribution in [2.45, 2.75) is 19.2 Å². The van der Waals surface area contributed by atoms with Crippen LogP contribution in [0.2, 0.25) is 0 Å². The third-order valence-electron chi connectivity index (χ3n) is 3.17. The van der Waals surface area contributed by atoms with Crippen molar-refractivity contribution in [2.75, 3.05) is 12.9 Å². The second-order valence-electron chi connectivity index (χ2n) is 5.30. The van der Waals surface area contributed by atoms with Gasteiger partial charge in [-0.05, 0) is 50.0 Å². The molecule has 1 fully saturated rings. The second kappa shape index (κ2) is 7.87. The summed E-state index contributed by atoms with van der Waals surface area (Å²) in [4.78, 5) is 23.7. The lowest BCUT2D eigenvalue weighted by molar-refractivity contribution is -0.128. The van der Waals surface area contributed by atoms with E-state index in [-0.39, 0.29) is 17.5 Å². The fourth-order valence-corrected chi connectivity index (χ4v) is 2.41. The van der Waals surface area contributed by atoms with E-state index >= 15 is 0 Å². The van der Waals surface area contributed by atoms with E-state index in [9.17, 15) is 9.59 Å². The molecule has 2 N–H and O–H groups in total. The minimum Gasteiger partial charge on any atom is -0.490 e. The summed E-state index contributed by atoms with van der Waals surface area (Å²) in [7, 11) is 0. The molecule has 1 aliphatic heterocycles. The molecule has 0 saturated carbocycles. The molecule has 2 amide bonds. The van der Waals surface area contributed by atoms with E-state index in [1.165, 1.54) is 17.3 Å². The number of carbonyl (C=O) groups is 2. The van der Waals surface area contributed by atoms with Crippen LogP contribution in [0.15, 0.2) is 41.6 Å². The van der Waals surface area contributed by atoms with Crippen LogP contribution in [0.5, 0.6) is 5.75 Å². The quantitative estimate of drug-likeness (QED) is 0.641. The minimum atomic E-state index is -0.537. The van der Waals surface area contributed by atoms with Crippen LogP contribution >= 0.6 is 11.8 Å². The maximum atomic E-state index is 11.9. The molecular weight excluding hydrogens is 312 g/mol. The summed E-state index contributed by atoms with van der Waals surface area (Å²) in [6.07, 6.45) is 5.41. The molecule has 0 aromatic heterocycles. The van der Waals surface area contributed by atoms with E-state index in [4.69, 9.17) is 4.74 Å². The standard InChI is InChI=1S/C17H20N2O3S/c1-11(2)8-9-22-13-6-4-12(5-7-13)10-14-15(20)19-17(23-3)16(21)18-14/h4-8,10,17H,9H2,1-3H3,(H,18,21)(H,19,20)/t17-/m1/s1. The highest BCUT2D eigenvalue weighted by Gasteiger charge is 2.28. The zero-order valence-corrected chi connectivity index (χ0v) is 14.2. The molecule has 0 radical (unpaired) electrons. The second-order valence-corrected chi connectivity index (χ2v) is 6.24. The molecule has 1 heterocycles. The monoisotopic (exact) mass is 332 g/mol. The van der Waals surface area contributed by atoms with Gasteiger partial charge in [-0.3, -0.25) is 9.59 Å². The number of piperazine rings is 1. The van der Waals surface area contributed by atoms with E-state index in [1.807, 2.05) is 44.2 Å². The molecule has 0 spiro atoms. The Balaban J connectivity index is 2.03. The van der Waals surface area contributed by atoms with Crippen molar-refractivity contribution in [2.24, 2.45) is 0 Å². The Hall–Kier alpha value is -2.21. The van der Waals surface area contributed by atoms with Crippen molar-refractivity contribution in [3.8, 4) is 5.75 Å². The highest BCUT2D eigenvalue weighted by atomic mass is 32.2. The van der Waals surface area contributed by atoms with Crippen LogP contribution in [0.3, 0.4) is 0 Å². The number of ether oxygens (including phenoxy) is 1. The van der Waals surface area contributed by atoms with Crippen LogP contribution in [-0.4, -0.2) is 30.1 Å². The lowest BCUT2D eigenvalue weighted by Gasteiger charge is -2.23. The molecule has 1 aromatic carbocycles. The van der Waals surface area contributed by atoms with Crippen LogP contribution in [-0.2, 0) is 9.59 Å². The number of hydrogen-bond acceptors (Lipinski definition) is 4. The van der Waals surface area contributed by atoms with Crippen LogP contribution in [0.25, 0.3) is 6.08 Å². The average Bonchev–Trinajstić information content (AvgIpc) is 2.52. The molecule has 122 valence electrons. The third kappa shape index (κ3) is 4.89. The Kier molecular flexibility index (Phi) is 5.87. The predicted octanol–water partition coefficient (Wildman–Crippen LogP) is 2.31. The molecule has 23 heavy (non-hydrogen) atoms. The molecule has 2 rings (SSSR count). The fraction of sp³-hybridized carbons (Fsp3) is 0.294. The molecule has 0 bridgehead atoms. The van der Waals surface area contributed by atoms with Gasteiger partial charge in [0.05, 0.1) is 0 Å². The minimum absolute atomic E-state index is 0.218. The molecule has 0 unspecified atom stereocenters. The van der Waals surface area contributed by atoms with Gasteiger partial charge in [0.15, 0.2) is 5.37 Å². The molecule has 1 aromatic rings. The Morgan fingerprint density at radius 2 is 1.96 bits per heavy atom. The first-order valence-corrected chi connectivity index (χ1v) is 8.51. The topological polar surface area (TPSA) is 67.4 Å². The maximum absolute atomic E-state index is 11.9. The van der Waals surface area contributed by atoms with E-state index in [0.717, 1.165) is 11.3 Å². The van der Waals surface area contributed by atoms with E-state index < -0.39 is 5.37 Å². The first-order chi connectivity index (χ1) is 11.0. The number of carbonyl (C=O) groups excluding carboxylic acids is 2. The summed E-state index contributed by atoms with van der Waals surface area (Å²) >= 11 is 1.28. The van der Waals surface area contributed by atoms with E-state index in [2.05, 4.69) is 10.6 Å². The van der Waals surface area contributed by atoms with Gasteiger partial charge >= 0.3 is 0 Å². The van der Waals surface area contributed by atoms with Gasteiger partial charge in [0.2, 0.25) is 0 Å². The van der Waals surface area contributed by atoms with Crippen LogP contribution in [0.4, 0.5) is 0 Å². The highest BCUT2D eigenvalue weighted by molar-refractivity contribution is 7.99. The normalized spacial score (nSPS) is 19.1. The zero-order valence-electron chi connectivity index (χ0n) is 13.4. The largest absolute Gasteiger partial charge is 0.490 e. The van der Waals surface area contributed by atoms with Crippen LogP contribution in [0.1, 0.15) is 19.4 Å². The van der Waals surface area contributed by atoms with Crippen LogP contribution < -0.4 is 15.4 Å². The summed E-state index contributed by atoms with van der Waals surface area (Å²) in [5.74, 6) is 0.252. The SMILES string of the molecule is CS[C@H]1NC(=O)C(=Cc2ccc(OCC=C(C)C)cc2)NC1=O. The van der Waals surface area contributed by atoms with Crippen molar-refractivity contribution in [3.63, 3.8) is 0 Å². The van der Waals surface area contributed by atoms with Gasteiger partial charge in [0, 0.05) is 0 Å². The Morgan fingerprint density at radius 1 is 1.26 bits per heavy atom. The molecule has 0 aliphatic carbocycles. The molecule has 1 atom stereocenters. The summed E-state index contributed by atoms with van der Waals surface area (Å²) in [6.45, 7) is 4.56. The highest BCUT2D eigenvalue weighted by Crippen LogP contribution is 2.16. The van der Waals surface area contributed by atoms with Crippen molar-refractivity contribution in [1.29, 1.82) is 0 Å². The summed E-state index contributed by atoms with van der Waals surface area (Å²) < 4.78 is 5.58. The predicted molar refractivity (Wildman–Crippen MR) is 92.9 cm³/mol. The van der Waals surface area contributed by atoms with Gasteiger partial charge in [-0.1, -0.05) is 17.7 Å². The smallest absolute Gasteiger partial charge is 0.269 e. The fourth-order valence-electron chi connectivity index (χ4n) is 1.92. The summed E-state index contributed by atoms with van der Waals surface area (Å²) in [6, 6.07) is 7.34. The van der Waals surface area contributed by atoms with E-state index in [1.54, 1.807) is 12.3 Å². The number of amides is 2. The zero-order chi connectivity index (χ0) is 16.8. The number of thioether (sulfide) groups is 1. The first-order valence-electron chi connectivity index (χ1n) is 7.22. The molecular formula is C17H20N2O3S. The Morgan fingerprint density at radius 3 is 2.57 bits per heavy atom. The summed E-state index contributed by atoms with van der Waals surface area (Å²) in [5.41, 5.74) is 2.26. The van der Waals surface area contributed by atoms with Gasteiger partial charge < -0.3 is 15.4 Å². The summed E-state index contributed by atoms with van der Waals surface area (Å²) in [5, 5.41) is 4.74. The number of benzene rings is 1.